The van der Waals surface area contributed by atoms with Gasteiger partial charge in [-0.25, -0.2) is 4.98 Å². The Kier molecular flexibility index (Phi) is 4.15. The van der Waals surface area contributed by atoms with E-state index in [9.17, 15) is 4.79 Å². The number of aryl methyl sites for hydroxylation is 1. The molecule has 2 aromatic carbocycles. The first-order valence-electron chi connectivity index (χ1n) is 7.86. The molecule has 4 heteroatoms. The standard InChI is InChI=1S/C19H21N3O/c1-13(2)15-8-10-16(11-9-15)21-19(23)12-22-14(3)20-17-6-4-5-7-18(17)22/h4-11,13H,12H2,1-3H3,(H,21,23). The molecule has 1 heterocycles. The minimum atomic E-state index is -0.0476. The second-order valence-corrected chi connectivity index (χ2v) is 6.06. The summed E-state index contributed by atoms with van der Waals surface area (Å²) in [6.07, 6.45) is 0. The Morgan fingerprint density at radius 2 is 1.83 bits per heavy atom. The molecule has 0 unspecified atom stereocenters. The summed E-state index contributed by atoms with van der Waals surface area (Å²) >= 11 is 0. The molecule has 1 N–H and O–H groups in total. The van der Waals surface area contributed by atoms with Gasteiger partial charge < -0.3 is 9.88 Å². The molecule has 118 valence electrons. The molecule has 0 aliphatic carbocycles. The van der Waals surface area contributed by atoms with E-state index in [1.54, 1.807) is 0 Å². The minimum Gasteiger partial charge on any atom is -0.325 e. The Bertz CT molecular complexity index is 831. The number of carbonyl (C=O) groups excluding carboxylic acids is 1. The highest BCUT2D eigenvalue weighted by Gasteiger charge is 2.11. The van der Waals surface area contributed by atoms with Crippen molar-refractivity contribution in [2.45, 2.75) is 33.2 Å². The lowest BCUT2D eigenvalue weighted by Gasteiger charge is -2.10. The van der Waals surface area contributed by atoms with Gasteiger partial charge in [-0.15, -0.1) is 0 Å². The third-order valence-electron chi connectivity index (χ3n) is 4.01. The van der Waals surface area contributed by atoms with E-state index >= 15 is 0 Å². The number of hydrogen-bond donors (Lipinski definition) is 1. The maximum absolute atomic E-state index is 12.3. The second kappa shape index (κ2) is 6.24. The molecule has 0 saturated heterocycles. The molecule has 1 aromatic heterocycles. The molecule has 3 aromatic rings. The largest absolute Gasteiger partial charge is 0.325 e. The van der Waals surface area contributed by atoms with Crippen LogP contribution in [-0.2, 0) is 11.3 Å². The molecule has 0 radical (unpaired) electrons. The number of nitrogens with one attached hydrogen (secondary N) is 1. The van der Waals surface area contributed by atoms with Crippen molar-refractivity contribution in [2.24, 2.45) is 0 Å². The quantitative estimate of drug-likeness (QED) is 0.788. The number of rotatable bonds is 4. The van der Waals surface area contributed by atoms with E-state index in [1.807, 2.05) is 47.9 Å². The van der Waals surface area contributed by atoms with E-state index in [1.165, 1.54) is 5.56 Å². The van der Waals surface area contributed by atoms with Crippen molar-refractivity contribution in [3.05, 3.63) is 59.9 Å². The van der Waals surface area contributed by atoms with Gasteiger partial charge in [0, 0.05) is 5.69 Å². The fraction of sp³-hybridized carbons (Fsp3) is 0.263. The van der Waals surface area contributed by atoms with Gasteiger partial charge in [-0.2, -0.15) is 0 Å². The SMILES string of the molecule is Cc1nc2ccccc2n1CC(=O)Nc1ccc(C(C)C)cc1. The minimum absolute atomic E-state index is 0.0476. The number of nitrogens with zero attached hydrogens (tertiary/aromatic N) is 2. The maximum Gasteiger partial charge on any atom is 0.244 e. The first-order chi connectivity index (χ1) is 11.0. The van der Waals surface area contributed by atoms with Gasteiger partial charge in [0.2, 0.25) is 5.91 Å². The van der Waals surface area contributed by atoms with Crippen molar-refractivity contribution in [2.75, 3.05) is 5.32 Å². The van der Waals surface area contributed by atoms with Crippen LogP contribution in [0.3, 0.4) is 0 Å². The Balaban J connectivity index is 1.75. The summed E-state index contributed by atoms with van der Waals surface area (Å²) in [5.41, 5.74) is 3.98. The van der Waals surface area contributed by atoms with Crippen LogP contribution >= 0.6 is 0 Å². The Hall–Kier alpha value is -2.62. The number of para-hydroxylation sites is 2. The average molecular weight is 307 g/mol. The predicted molar refractivity (Wildman–Crippen MR) is 93.6 cm³/mol. The van der Waals surface area contributed by atoms with Gasteiger partial charge in [-0.05, 0) is 42.7 Å². The van der Waals surface area contributed by atoms with Crippen molar-refractivity contribution in [3.63, 3.8) is 0 Å². The van der Waals surface area contributed by atoms with E-state index < -0.39 is 0 Å². The van der Waals surface area contributed by atoms with Crippen molar-refractivity contribution in [1.29, 1.82) is 0 Å². The monoisotopic (exact) mass is 307 g/mol. The summed E-state index contributed by atoms with van der Waals surface area (Å²) in [6, 6.07) is 15.9. The van der Waals surface area contributed by atoms with Crippen molar-refractivity contribution in [3.8, 4) is 0 Å². The number of carbonyl (C=O) groups is 1. The van der Waals surface area contributed by atoms with Crippen LogP contribution in [0.1, 0.15) is 31.2 Å². The van der Waals surface area contributed by atoms with E-state index in [-0.39, 0.29) is 12.5 Å². The van der Waals surface area contributed by atoms with Crippen LogP contribution in [0, 0.1) is 6.92 Å². The van der Waals surface area contributed by atoms with Crippen LogP contribution in [0.15, 0.2) is 48.5 Å². The van der Waals surface area contributed by atoms with Gasteiger partial charge in [0.1, 0.15) is 12.4 Å². The topological polar surface area (TPSA) is 46.9 Å². The van der Waals surface area contributed by atoms with Crippen molar-refractivity contribution in [1.82, 2.24) is 9.55 Å². The molecule has 3 rings (SSSR count). The molecule has 0 aliphatic rings. The fourth-order valence-corrected chi connectivity index (χ4v) is 2.69. The van der Waals surface area contributed by atoms with E-state index in [0.29, 0.717) is 5.92 Å². The molecule has 0 spiro atoms. The summed E-state index contributed by atoms with van der Waals surface area (Å²) < 4.78 is 1.94. The maximum atomic E-state index is 12.3. The zero-order valence-corrected chi connectivity index (χ0v) is 13.7. The zero-order valence-electron chi connectivity index (χ0n) is 13.7. The highest BCUT2D eigenvalue weighted by molar-refractivity contribution is 5.91. The molecule has 0 bridgehead atoms. The summed E-state index contributed by atoms with van der Waals surface area (Å²) in [5, 5.41) is 2.95. The van der Waals surface area contributed by atoms with Gasteiger partial charge in [-0.1, -0.05) is 38.1 Å². The third kappa shape index (κ3) is 3.26. The third-order valence-corrected chi connectivity index (χ3v) is 4.01. The van der Waals surface area contributed by atoms with Crippen LogP contribution in [0.25, 0.3) is 11.0 Å². The van der Waals surface area contributed by atoms with Gasteiger partial charge in [-0.3, -0.25) is 4.79 Å². The molecule has 0 atom stereocenters. The Morgan fingerprint density at radius 1 is 1.13 bits per heavy atom. The molecular weight excluding hydrogens is 286 g/mol. The molecule has 4 nitrogen and oxygen atoms in total. The van der Waals surface area contributed by atoms with Gasteiger partial charge >= 0.3 is 0 Å². The van der Waals surface area contributed by atoms with Crippen molar-refractivity contribution < 1.29 is 4.79 Å². The summed E-state index contributed by atoms with van der Waals surface area (Å²) in [7, 11) is 0. The van der Waals surface area contributed by atoms with Crippen LogP contribution in [0.2, 0.25) is 0 Å². The molecule has 23 heavy (non-hydrogen) atoms. The average Bonchev–Trinajstić information content (AvgIpc) is 2.84. The summed E-state index contributed by atoms with van der Waals surface area (Å²) in [4.78, 5) is 16.8. The van der Waals surface area contributed by atoms with E-state index in [4.69, 9.17) is 0 Å². The lowest BCUT2D eigenvalue weighted by Crippen LogP contribution is -2.19. The Morgan fingerprint density at radius 3 is 2.52 bits per heavy atom. The lowest BCUT2D eigenvalue weighted by atomic mass is 10.0. The molecule has 1 amide bonds. The number of imidazole rings is 1. The predicted octanol–water partition coefficient (Wildman–Crippen LogP) is 4.11. The number of aromatic nitrogens is 2. The van der Waals surface area contributed by atoms with Crippen LogP contribution in [0.4, 0.5) is 5.69 Å². The number of fused-ring (bicyclic) bond motifs is 1. The molecule has 0 fully saturated rings. The van der Waals surface area contributed by atoms with Crippen molar-refractivity contribution >= 4 is 22.6 Å². The van der Waals surface area contributed by atoms with E-state index in [2.05, 4.69) is 36.3 Å². The number of amides is 1. The molecular formula is C19H21N3O. The van der Waals surface area contributed by atoms with Gasteiger partial charge in [0.05, 0.1) is 11.0 Å². The normalized spacial score (nSPS) is 11.1. The molecule has 0 aliphatic heterocycles. The van der Waals surface area contributed by atoms with Crippen LogP contribution < -0.4 is 5.32 Å². The molecule has 0 saturated carbocycles. The summed E-state index contributed by atoms with van der Waals surface area (Å²) in [5.74, 6) is 1.28. The zero-order chi connectivity index (χ0) is 16.4. The van der Waals surface area contributed by atoms with Crippen LogP contribution in [-0.4, -0.2) is 15.5 Å². The van der Waals surface area contributed by atoms with Gasteiger partial charge in [0.15, 0.2) is 0 Å². The highest BCUT2D eigenvalue weighted by Crippen LogP contribution is 2.18. The number of benzene rings is 2. The fourth-order valence-electron chi connectivity index (χ4n) is 2.69. The first kappa shape index (κ1) is 15.3. The van der Waals surface area contributed by atoms with Gasteiger partial charge in [0.25, 0.3) is 0 Å². The second-order valence-electron chi connectivity index (χ2n) is 6.06. The highest BCUT2D eigenvalue weighted by atomic mass is 16.1. The summed E-state index contributed by atoms with van der Waals surface area (Å²) in [6.45, 7) is 6.49. The van der Waals surface area contributed by atoms with Crippen LogP contribution in [0.5, 0.6) is 0 Å². The Labute approximate surface area is 136 Å². The lowest BCUT2D eigenvalue weighted by molar-refractivity contribution is -0.116. The number of anilines is 1. The smallest absolute Gasteiger partial charge is 0.244 e. The number of hydrogen-bond acceptors (Lipinski definition) is 2. The first-order valence-corrected chi connectivity index (χ1v) is 7.86. The van der Waals surface area contributed by atoms with E-state index in [0.717, 1.165) is 22.5 Å².